The van der Waals surface area contributed by atoms with Crippen molar-refractivity contribution in [3.8, 4) is 11.8 Å². The largest absolute Gasteiger partial charge is 0.487 e. The summed E-state index contributed by atoms with van der Waals surface area (Å²) in [5.41, 5.74) is 1.03. The van der Waals surface area contributed by atoms with E-state index >= 15 is 0 Å². The third-order valence-electron chi connectivity index (χ3n) is 4.33. The van der Waals surface area contributed by atoms with Crippen molar-refractivity contribution in [2.24, 2.45) is 0 Å². The number of halogens is 3. The molecule has 3 aromatic rings. The molecular weight excluding hydrogens is 672 g/mol. The Morgan fingerprint density at radius 1 is 1.15 bits per heavy atom. The second-order valence-electron chi connectivity index (χ2n) is 6.63. The Morgan fingerprint density at radius 2 is 1.82 bits per heavy atom. The molecule has 0 heterocycles. The van der Waals surface area contributed by atoms with Crippen LogP contribution in [0.1, 0.15) is 11.1 Å². The van der Waals surface area contributed by atoms with Gasteiger partial charge in [0.15, 0.2) is 0 Å². The first-order valence-electron chi connectivity index (χ1n) is 9.31. The van der Waals surface area contributed by atoms with Gasteiger partial charge in [-0.25, -0.2) is 0 Å². The van der Waals surface area contributed by atoms with Crippen molar-refractivity contribution in [1.82, 2.24) is 0 Å². The number of carbonyl (C=O) groups excluding carboxylic acids is 1. The van der Waals surface area contributed by atoms with Gasteiger partial charge in [-0.1, -0.05) is 41.9 Å². The molecule has 0 aliphatic carbocycles. The summed E-state index contributed by atoms with van der Waals surface area (Å²) in [6, 6.07) is 19.1. The van der Waals surface area contributed by atoms with Gasteiger partial charge in [-0.15, -0.1) is 0 Å². The van der Waals surface area contributed by atoms with Gasteiger partial charge < -0.3 is 10.1 Å². The van der Waals surface area contributed by atoms with E-state index in [4.69, 9.17) is 16.3 Å². The zero-order valence-electron chi connectivity index (χ0n) is 16.7. The highest BCUT2D eigenvalue weighted by molar-refractivity contribution is 14.1. The summed E-state index contributed by atoms with van der Waals surface area (Å²) in [5, 5.41) is 23.3. The van der Waals surface area contributed by atoms with Crippen LogP contribution >= 0.6 is 56.8 Å². The Labute approximate surface area is 221 Å². The number of nitrogens with zero attached hydrogens (tertiary/aromatic N) is 2. The van der Waals surface area contributed by atoms with Crippen molar-refractivity contribution < 1.29 is 14.5 Å². The number of amides is 1. The number of carbonyl (C=O) groups is 1. The number of anilines is 1. The maximum atomic E-state index is 12.6. The first-order valence-corrected chi connectivity index (χ1v) is 11.8. The van der Waals surface area contributed by atoms with Crippen LogP contribution in [0.3, 0.4) is 0 Å². The highest BCUT2D eigenvalue weighted by Crippen LogP contribution is 2.31. The van der Waals surface area contributed by atoms with E-state index in [1.807, 2.05) is 36.4 Å². The smallest absolute Gasteiger partial charge is 0.294 e. The molecule has 0 unspecified atom stereocenters. The maximum Gasteiger partial charge on any atom is 0.294 e. The molecule has 7 nitrogen and oxygen atoms in total. The summed E-state index contributed by atoms with van der Waals surface area (Å²) in [5.74, 6) is -0.0608. The Hall–Kier alpha value is -2.69. The molecule has 0 aromatic heterocycles. The number of benzene rings is 3. The molecule has 3 aromatic carbocycles. The van der Waals surface area contributed by atoms with Crippen LogP contribution in [0.4, 0.5) is 11.4 Å². The number of hydrogen-bond acceptors (Lipinski definition) is 5. The zero-order valence-corrected chi connectivity index (χ0v) is 21.8. The van der Waals surface area contributed by atoms with Crippen LogP contribution in [0.5, 0.6) is 5.75 Å². The molecule has 0 radical (unpaired) electrons. The van der Waals surface area contributed by atoms with Gasteiger partial charge in [-0.2, -0.15) is 5.26 Å². The minimum absolute atomic E-state index is 0.0515. The number of hydrogen-bond donors (Lipinski definition) is 1. The molecule has 0 saturated carbocycles. The summed E-state index contributed by atoms with van der Waals surface area (Å²) < 4.78 is 7.58. The number of nitro benzene ring substituents is 1. The summed E-state index contributed by atoms with van der Waals surface area (Å²) in [6.45, 7) is 0.410. The van der Waals surface area contributed by atoms with Crippen molar-refractivity contribution in [2.75, 3.05) is 5.32 Å². The minimum Gasteiger partial charge on any atom is -0.487 e. The van der Waals surface area contributed by atoms with Gasteiger partial charge in [0.25, 0.3) is 11.6 Å². The van der Waals surface area contributed by atoms with Crippen molar-refractivity contribution in [3.05, 3.63) is 99.6 Å². The lowest BCUT2D eigenvalue weighted by Crippen LogP contribution is -2.14. The maximum absolute atomic E-state index is 12.6. The quantitative estimate of drug-likeness (QED) is 0.0995. The van der Waals surface area contributed by atoms with Gasteiger partial charge in [-0.05, 0) is 86.7 Å². The van der Waals surface area contributed by atoms with Gasteiger partial charge in [0.2, 0.25) is 0 Å². The van der Waals surface area contributed by atoms with E-state index in [2.05, 4.69) is 50.5 Å². The third-order valence-corrected chi connectivity index (χ3v) is 6.17. The lowest BCUT2D eigenvalue weighted by Gasteiger charge is -2.12. The van der Waals surface area contributed by atoms with Crippen molar-refractivity contribution in [3.63, 3.8) is 0 Å². The third kappa shape index (κ3) is 6.66. The average molecular weight is 686 g/mol. The molecule has 33 heavy (non-hydrogen) atoms. The summed E-state index contributed by atoms with van der Waals surface area (Å²) in [4.78, 5) is 23.2. The molecule has 166 valence electrons. The second kappa shape index (κ2) is 11.4. The molecule has 0 bridgehead atoms. The lowest BCUT2D eigenvalue weighted by molar-refractivity contribution is -0.383. The predicted octanol–water partition coefficient (Wildman–Crippen LogP) is 6.58. The second-order valence-corrected chi connectivity index (χ2v) is 9.39. The highest BCUT2D eigenvalue weighted by Gasteiger charge is 2.19. The van der Waals surface area contributed by atoms with Crippen molar-refractivity contribution >= 4 is 80.1 Å². The predicted molar refractivity (Wildman–Crippen MR) is 143 cm³/mol. The Kier molecular flexibility index (Phi) is 8.65. The van der Waals surface area contributed by atoms with Gasteiger partial charge in [-0.3, -0.25) is 14.9 Å². The molecule has 0 saturated heterocycles. The highest BCUT2D eigenvalue weighted by atomic mass is 127. The van der Waals surface area contributed by atoms with E-state index in [1.54, 1.807) is 12.1 Å². The molecule has 1 N–H and O–H groups in total. The number of nitriles is 1. The van der Waals surface area contributed by atoms with E-state index in [-0.39, 0.29) is 22.0 Å². The molecule has 0 aliphatic heterocycles. The Balaban J connectivity index is 1.81. The van der Waals surface area contributed by atoms with E-state index < -0.39 is 10.8 Å². The van der Waals surface area contributed by atoms with Gasteiger partial charge >= 0.3 is 0 Å². The first kappa shape index (κ1) is 24.9. The topological polar surface area (TPSA) is 105 Å². The fourth-order valence-electron chi connectivity index (χ4n) is 2.80. The monoisotopic (exact) mass is 685 g/mol. The number of nitro groups is 1. The molecule has 0 fully saturated rings. The Bertz CT molecular complexity index is 1270. The van der Waals surface area contributed by atoms with Gasteiger partial charge in [0.1, 0.15) is 29.7 Å². The molecule has 0 aliphatic rings. The van der Waals surface area contributed by atoms with E-state index in [9.17, 15) is 20.2 Å². The van der Waals surface area contributed by atoms with Crippen LogP contribution in [0.15, 0.2) is 66.2 Å². The normalized spacial score (nSPS) is 10.9. The molecule has 3 rings (SSSR count). The van der Waals surface area contributed by atoms with Crippen LogP contribution in [-0.4, -0.2) is 10.8 Å². The summed E-state index contributed by atoms with van der Waals surface area (Å²) in [7, 11) is 0. The SMILES string of the molecule is N#C/C(=C\c1cc(I)c(OCc2ccccc2)c(I)c1)C(=O)Nc1ccc(Cl)cc1[N+](=O)[O-]. The van der Waals surface area contributed by atoms with Crippen LogP contribution in [0, 0.1) is 28.6 Å². The van der Waals surface area contributed by atoms with E-state index in [0.717, 1.165) is 18.8 Å². The number of ether oxygens (including phenoxy) is 1. The average Bonchev–Trinajstić information content (AvgIpc) is 2.78. The molecule has 1 amide bonds. The fourth-order valence-corrected chi connectivity index (χ4v) is 5.09. The molecule has 0 spiro atoms. The van der Waals surface area contributed by atoms with Crippen LogP contribution in [-0.2, 0) is 11.4 Å². The van der Waals surface area contributed by atoms with Gasteiger partial charge in [0, 0.05) is 11.1 Å². The zero-order chi connectivity index (χ0) is 24.0. The van der Waals surface area contributed by atoms with Gasteiger partial charge in [0.05, 0.1) is 12.1 Å². The molecule has 10 heteroatoms. The minimum atomic E-state index is -0.766. The standard InChI is InChI=1S/C23H14ClI2N3O4/c24-17-6-7-20(21(11-17)29(31)32)28-23(30)16(12-27)8-15-9-18(25)22(19(26)10-15)33-13-14-4-2-1-3-5-14/h1-11H,13H2,(H,28,30)/b16-8+. The van der Waals surface area contributed by atoms with Crippen LogP contribution in [0.2, 0.25) is 5.02 Å². The molecular formula is C23H14ClI2N3O4. The van der Waals surface area contributed by atoms with Crippen LogP contribution < -0.4 is 10.1 Å². The van der Waals surface area contributed by atoms with Crippen molar-refractivity contribution in [2.45, 2.75) is 6.61 Å². The lowest BCUT2D eigenvalue weighted by atomic mass is 10.1. The fraction of sp³-hybridized carbons (Fsp3) is 0.0435. The van der Waals surface area contributed by atoms with E-state index in [0.29, 0.717) is 17.9 Å². The van der Waals surface area contributed by atoms with Crippen LogP contribution in [0.25, 0.3) is 6.08 Å². The first-order chi connectivity index (χ1) is 15.8. The number of nitrogens with one attached hydrogen (secondary N) is 1. The summed E-state index contributed by atoms with van der Waals surface area (Å²) in [6.07, 6.45) is 1.42. The molecule has 0 atom stereocenters. The van der Waals surface area contributed by atoms with E-state index in [1.165, 1.54) is 18.2 Å². The van der Waals surface area contributed by atoms with Crippen molar-refractivity contribution in [1.29, 1.82) is 5.26 Å². The Morgan fingerprint density at radius 3 is 2.42 bits per heavy atom. The summed E-state index contributed by atoms with van der Waals surface area (Å²) >= 11 is 10.1. The number of rotatable bonds is 7.